The maximum atomic E-state index is 12.7. The molecule has 1 heterocycles. The Morgan fingerprint density at radius 2 is 1.73 bits per heavy atom. The van der Waals surface area contributed by atoms with Gasteiger partial charge in [-0.05, 0) is 48.9 Å². The molecule has 1 fully saturated rings. The van der Waals surface area contributed by atoms with Crippen molar-refractivity contribution in [3.8, 4) is 0 Å². The zero-order valence-corrected chi connectivity index (χ0v) is 18.6. The number of halogens is 1. The Bertz CT molecular complexity index is 959. The van der Waals surface area contributed by atoms with Gasteiger partial charge in [-0.25, -0.2) is 8.42 Å². The summed E-state index contributed by atoms with van der Waals surface area (Å²) in [5, 5.41) is 0.442. The fourth-order valence-corrected chi connectivity index (χ4v) is 4.60. The Kier molecular flexibility index (Phi) is 7.36. The van der Waals surface area contributed by atoms with Crippen LogP contribution in [0.4, 0.5) is 5.69 Å². The van der Waals surface area contributed by atoms with Gasteiger partial charge >= 0.3 is 0 Å². The normalized spacial score (nSPS) is 15.6. The van der Waals surface area contributed by atoms with Crippen LogP contribution in [0.2, 0.25) is 5.02 Å². The molecule has 2 aromatic rings. The van der Waals surface area contributed by atoms with Gasteiger partial charge in [-0.15, -0.1) is 0 Å². The number of rotatable bonds is 7. The summed E-state index contributed by atoms with van der Waals surface area (Å²) in [7, 11) is -2.16. The average molecular weight is 452 g/mol. The second-order valence-corrected chi connectivity index (χ2v) is 9.41. The summed E-state index contributed by atoms with van der Waals surface area (Å²) >= 11 is 5.81. The fourth-order valence-electron chi connectivity index (χ4n) is 3.28. The minimum atomic E-state index is -3.82. The van der Waals surface area contributed by atoms with E-state index in [0.29, 0.717) is 11.6 Å². The number of ether oxygens (including phenoxy) is 1. The first-order valence-electron chi connectivity index (χ1n) is 9.71. The van der Waals surface area contributed by atoms with Crippen molar-refractivity contribution in [1.29, 1.82) is 0 Å². The summed E-state index contributed by atoms with van der Waals surface area (Å²) in [5.41, 5.74) is 2.09. The second-order valence-electron chi connectivity index (χ2n) is 7.26. The smallest absolute Gasteiger partial charge is 0.241 e. The molecule has 0 saturated carbocycles. The number of amides is 1. The van der Waals surface area contributed by atoms with E-state index < -0.39 is 16.1 Å². The van der Waals surface area contributed by atoms with E-state index in [9.17, 15) is 13.2 Å². The molecule has 1 aliphatic rings. The number of sulfonamides is 1. The van der Waals surface area contributed by atoms with E-state index in [0.717, 1.165) is 37.6 Å². The van der Waals surface area contributed by atoms with Gasteiger partial charge in [0.1, 0.15) is 0 Å². The van der Waals surface area contributed by atoms with Crippen molar-refractivity contribution in [2.75, 3.05) is 38.3 Å². The highest BCUT2D eigenvalue weighted by atomic mass is 35.5. The Labute approximate surface area is 182 Å². The fraction of sp³-hybridized carbons (Fsp3) is 0.381. The predicted octanol–water partition coefficient (Wildman–Crippen LogP) is 2.50. The van der Waals surface area contributed by atoms with E-state index in [1.807, 2.05) is 24.3 Å². The van der Waals surface area contributed by atoms with Crippen LogP contribution in [-0.4, -0.2) is 58.6 Å². The molecule has 1 amide bonds. The Morgan fingerprint density at radius 1 is 1.13 bits per heavy atom. The van der Waals surface area contributed by atoms with Crippen molar-refractivity contribution in [2.24, 2.45) is 0 Å². The maximum absolute atomic E-state index is 12.7. The predicted molar refractivity (Wildman–Crippen MR) is 117 cm³/mol. The van der Waals surface area contributed by atoms with E-state index in [1.165, 1.54) is 36.1 Å². The van der Waals surface area contributed by atoms with Gasteiger partial charge in [-0.1, -0.05) is 23.7 Å². The minimum Gasteiger partial charge on any atom is -0.378 e. The number of benzene rings is 2. The SMILES string of the molecule is C[C@@H](NS(=O)(=O)c1ccc(Cl)cc1)C(=O)N(C)Cc1ccc(N2CCOCC2)cc1. The molecular formula is C21H26ClN3O4S. The number of hydrogen-bond acceptors (Lipinski definition) is 5. The molecule has 2 aromatic carbocycles. The van der Waals surface area contributed by atoms with Crippen LogP contribution in [0.5, 0.6) is 0 Å². The highest BCUT2D eigenvalue weighted by molar-refractivity contribution is 7.89. The molecule has 0 bridgehead atoms. The number of anilines is 1. The van der Waals surface area contributed by atoms with Crippen LogP contribution in [0, 0.1) is 0 Å². The van der Waals surface area contributed by atoms with Crippen molar-refractivity contribution < 1.29 is 17.9 Å². The summed E-state index contributed by atoms with van der Waals surface area (Å²) < 4.78 is 32.8. The Balaban J connectivity index is 1.58. The number of carbonyl (C=O) groups excluding carboxylic acids is 1. The molecule has 0 spiro atoms. The van der Waals surface area contributed by atoms with E-state index in [4.69, 9.17) is 16.3 Å². The largest absolute Gasteiger partial charge is 0.378 e. The molecule has 7 nitrogen and oxygen atoms in total. The van der Waals surface area contributed by atoms with Gasteiger partial charge in [0, 0.05) is 37.4 Å². The van der Waals surface area contributed by atoms with E-state index in [1.54, 1.807) is 7.05 Å². The first-order chi connectivity index (χ1) is 14.3. The first kappa shape index (κ1) is 22.6. The topological polar surface area (TPSA) is 79.0 Å². The Morgan fingerprint density at radius 3 is 2.33 bits per heavy atom. The lowest BCUT2D eigenvalue weighted by molar-refractivity contribution is -0.131. The molecule has 0 aromatic heterocycles. The summed E-state index contributed by atoms with van der Waals surface area (Å²) in [4.78, 5) is 16.5. The average Bonchev–Trinajstić information content (AvgIpc) is 2.74. The number of hydrogen-bond donors (Lipinski definition) is 1. The highest BCUT2D eigenvalue weighted by Crippen LogP contribution is 2.18. The molecule has 1 aliphatic heterocycles. The lowest BCUT2D eigenvalue weighted by Crippen LogP contribution is -2.45. The van der Waals surface area contributed by atoms with Crippen molar-refractivity contribution in [2.45, 2.75) is 24.4 Å². The quantitative estimate of drug-likeness (QED) is 0.699. The van der Waals surface area contributed by atoms with Crippen LogP contribution in [0.15, 0.2) is 53.4 Å². The van der Waals surface area contributed by atoms with Crippen molar-refractivity contribution in [3.05, 3.63) is 59.1 Å². The van der Waals surface area contributed by atoms with Crippen LogP contribution in [0.3, 0.4) is 0 Å². The lowest BCUT2D eigenvalue weighted by Gasteiger charge is -2.29. The van der Waals surface area contributed by atoms with Crippen LogP contribution in [-0.2, 0) is 26.1 Å². The standard InChI is InChI=1S/C21H26ClN3O4S/c1-16(23-30(27,28)20-9-5-18(22)6-10-20)21(26)24(2)15-17-3-7-19(8-4-17)25-11-13-29-14-12-25/h3-10,16,23H,11-15H2,1-2H3/t16-/m1/s1. The van der Waals surface area contributed by atoms with Gasteiger partial charge in [0.25, 0.3) is 0 Å². The summed E-state index contributed by atoms with van der Waals surface area (Å²) in [6.45, 7) is 5.10. The second kappa shape index (κ2) is 9.78. The Hall–Kier alpha value is -2.13. The molecule has 0 unspecified atom stereocenters. The van der Waals surface area contributed by atoms with Crippen LogP contribution in [0.25, 0.3) is 0 Å². The summed E-state index contributed by atoms with van der Waals surface area (Å²) in [5.74, 6) is -0.315. The molecule has 30 heavy (non-hydrogen) atoms. The monoisotopic (exact) mass is 451 g/mol. The summed E-state index contributed by atoms with van der Waals surface area (Å²) in [6.07, 6.45) is 0. The third-order valence-corrected chi connectivity index (χ3v) is 6.74. The van der Waals surface area contributed by atoms with Gasteiger partial charge in [0.2, 0.25) is 15.9 Å². The van der Waals surface area contributed by atoms with Crippen molar-refractivity contribution >= 4 is 33.2 Å². The van der Waals surface area contributed by atoms with E-state index in [2.05, 4.69) is 9.62 Å². The third-order valence-electron chi connectivity index (χ3n) is 4.93. The highest BCUT2D eigenvalue weighted by Gasteiger charge is 2.24. The molecule has 9 heteroatoms. The van der Waals surface area contributed by atoms with Gasteiger partial charge in [0.05, 0.1) is 24.2 Å². The molecule has 162 valence electrons. The molecule has 1 saturated heterocycles. The van der Waals surface area contributed by atoms with E-state index >= 15 is 0 Å². The van der Waals surface area contributed by atoms with Gasteiger partial charge in [-0.2, -0.15) is 4.72 Å². The van der Waals surface area contributed by atoms with Gasteiger partial charge in [0.15, 0.2) is 0 Å². The maximum Gasteiger partial charge on any atom is 0.241 e. The lowest BCUT2D eigenvalue weighted by atomic mass is 10.1. The molecular weight excluding hydrogens is 426 g/mol. The number of nitrogens with zero attached hydrogens (tertiary/aromatic N) is 2. The van der Waals surface area contributed by atoms with Crippen LogP contribution in [0.1, 0.15) is 12.5 Å². The van der Waals surface area contributed by atoms with Gasteiger partial charge in [-0.3, -0.25) is 4.79 Å². The van der Waals surface area contributed by atoms with Crippen LogP contribution < -0.4 is 9.62 Å². The van der Waals surface area contributed by atoms with Crippen LogP contribution >= 0.6 is 11.6 Å². The van der Waals surface area contributed by atoms with Crippen molar-refractivity contribution in [3.63, 3.8) is 0 Å². The minimum absolute atomic E-state index is 0.0629. The number of carbonyl (C=O) groups is 1. The molecule has 1 atom stereocenters. The molecule has 0 aliphatic carbocycles. The van der Waals surface area contributed by atoms with E-state index in [-0.39, 0.29) is 10.8 Å². The third kappa shape index (κ3) is 5.72. The molecule has 0 radical (unpaired) electrons. The zero-order valence-electron chi connectivity index (χ0n) is 17.0. The summed E-state index contributed by atoms with van der Waals surface area (Å²) in [6, 6.07) is 12.9. The zero-order chi connectivity index (χ0) is 21.7. The van der Waals surface area contributed by atoms with Crippen molar-refractivity contribution in [1.82, 2.24) is 9.62 Å². The molecule has 3 rings (SSSR count). The molecule has 1 N–H and O–H groups in total. The number of nitrogens with one attached hydrogen (secondary N) is 1. The number of likely N-dealkylation sites (N-methyl/N-ethyl adjacent to an activating group) is 1. The first-order valence-corrected chi connectivity index (χ1v) is 11.6. The van der Waals surface area contributed by atoms with Gasteiger partial charge < -0.3 is 14.5 Å². The number of morpholine rings is 1.